The van der Waals surface area contributed by atoms with Crippen LogP contribution in [0.3, 0.4) is 0 Å². The minimum absolute atomic E-state index is 0.687. The van der Waals surface area contributed by atoms with Crippen molar-refractivity contribution in [1.29, 1.82) is 0 Å². The molecule has 6 heteroatoms. The molecule has 130 valence electrons. The molecule has 0 radical (unpaired) electrons. The van der Waals surface area contributed by atoms with Crippen LogP contribution >= 0.6 is 0 Å². The second-order valence-corrected chi connectivity index (χ2v) is 6.99. The van der Waals surface area contributed by atoms with Crippen LogP contribution in [0.25, 0.3) is 23.0 Å². The summed E-state index contributed by atoms with van der Waals surface area (Å²) in [6, 6.07) is 16.5. The molecule has 0 fully saturated rings. The number of imidazole rings is 2. The van der Waals surface area contributed by atoms with Gasteiger partial charge in [-0.05, 0) is 0 Å². The van der Waals surface area contributed by atoms with E-state index < -0.39 is 0 Å². The van der Waals surface area contributed by atoms with Crippen molar-refractivity contribution in [2.75, 3.05) is 0 Å². The van der Waals surface area contributed by atoms with E-state index in [0.717, 1.165) is 56.5 Å². The van der Waals surface area contributed by atoms with E-state index in [2.05, 4.69) is 39.2 Å². The topological polar surface area (TPSA) is 82.1 Å². The summed E-state index contributed by atoms with van der Waals surface area (Å²) in [7, 11) is 0. The largest absolute Gasteiger partial charge is 0.341 e. The monoisotopic (exact) mass is 360 g/mol. The Morgan fingerprint density at radius 3 is 2.07 bits per heavy atom. The molecule has 3 aliphatic heterocycles. The molecule has 0 spiro atoms. The van der Waals surface area contributed by atoms with Gasteiger partial charge in [-0.1, -0.05) is 48.5 Å². The van der Waals surface area contributed by atoms with E-state index in [1.54, 1.807) is 0 Å². The third-order valence-corrected chi connectivity index (χ3v) is 5.42. The standard InChI is InChI=1S/C22H12N6/c1-3-7-13-11(5-1)17-15-9-23-21(25-15)22-24-10-16(26-22)18-12-6-2-4-8-14(12)20(28-18)19(13)27-17/h1-10H,(H,23,25)(H,24,26). The van der Waals surface area contributed by atoms with Gasteiger partial charge in [-0.3, -0.25) is 0 Å². The number of nitrogens with zero attached hydrogens (tertiary/aromatic N) is 4. The zero-order valence-corrected chi connectivity index (χ0v) is 14.6. The number of nitrogens with one attached hydrogen (secondary N) is 2. The highest BCUT2D eigenvalue weighted by Gasteiger charge is 2.31. The van der Waals surface area contributed by atoms with Gasteiger partial charge in [-0.25, -0.2) is 20.0 Å². The van der Waals surface area contributed by atoms with E-state index in [1.807, 2.05) is 36.7 Å². The van der Waals surface area contributed by atoms with Crippen LogP contribution < -0.4 is 0 Å². The van der Waals surface area contributed by atoms with Crippen LogP contribution in [0, 0.1) is 0 Å². The lowest BCUT2D eigenvalue weighted by Crippen LogP contribution is -2.01. The van der Waals surface area contributed by atoms with Gasteiger partial charge in [0.25, 0.3) is 0 Å². The molecule has 0 unspecified atom stereocenters. The highest BCUT2D eigenvalue weighted by Crippen LogP contribution is 2.41. The first kappa shape index (κ1) is 14.1. The first-order chi connectivity index (χ1) is 13.9. The Balaban J connectivity index is 1.67. The van der Waals surface area contributed by atoms with Gasteiger partial charge in [0.1, 0.15) is 5.69 Å². The van der Waals surface area contributed by atoms with Crippen molar-refractivity contribution < 1.29 is 0 Å². The molecule has 0 aliphatic carbocycles. The molecule has 8 bridgehead atoms. The first-order valence-electron chi connectivity index (χ1n) is 9.09. The predicted molar refractivity (Wildman–Crippen MR) is 107 cm³/mol. The number of H-pyrrole nitrogens is 2. The molecule has 2 N–H and O–H groups in total. The van der Waals surface area contributed by atoms with Crippen molar-refractivity contribution >= 4 is 22.8 Å². The summed E-state index contributed by atoms with van der Waals surface area (Å²) in [5.41, 5.74) is 9.50. The third-order valence-electron chi connectivity index (χ3n) is 5.42. The number of rotatable bonds is 0. The molecule has 6 nitrogen and oxygen atoms in total. The van der Waals surface area contributed by atoms with Crippen molar-refractivity contribution in [3.63, 3.8) is 0 Å². The van der Waals surface area contributed by atoms with Crippen molar-refractivity contribution in [1.82, 2.24) is 19.9 Å². The Hall–Kier alpha value is -4.06. The number of hydrogen-bond acceptors (Lipinski definition) is 4. The zero-order valence-electron chi connectivity index (χ0n) is 14.6. The summed E-state index contributed by atoms with van der Waals surface area (Å²) in [5.74, 6) is 1.37. The number of fused-ring (bicyclic) bond motifs is 15. The summed E-state index contributed by atoms with van der Waals surface area (Å²) in [6.45, 7) is 0. The molecule has 28 heavy (non-hydrogen) atoms. The lowest BCUT2D eigenvalue weighted by molar-refractivity contribution is 1.19. The van der Waals surface area contributed by atoms with Crippen LogP contribution in [0.1, 0.15) is 33.6 Å². The lowest BCUT2D eigenvalue weighted by Gasteiger charge is -2.04. The van der Waals surface area contributed by atoms with Gasteiger partial charge in [0.2, 0.25) is 0 Å². The first-order valence-corrected chi connectivity index (χ1v) is 9.09. The van der Waals surface area contributed by atoms with E-state index in [-0.39, 0.29) is 0 Å². The van der Waals surface area contributed by atoms with E-state index in [9.17, 15) is 0 Å². The fourth-order valence-electron chi connectivity index (χ4n) is 4.14. The molecule has 5 heterocycles. The molecule has 0 amide bonds. The molecule has 2 aromatic carbocycles. The van der Waals surface area contributed by atoms with Crippen LogP contribution in [-0.4, -0.2) is 31.4 Å². The Bertz CT molecular complexity index is 1300. The van der Waals surface area contributed by atoms with Gasteiger partial charge in [0.05, 0.1) is 34.7 Å². The number of aliphatic imine (C=N–C) groups is 2. The highest BCUT2D eigenvalue weighted by atomic mass is 15.0. The smallest absolute Gasteiger partial charge is 0.174 e. The molecule has 0 saturated carbocycles. The minimum atomic E-state index is 0.687. The van der Waals surface area contributed by atoms with Crippen molar-refractivity contribution in [2.45, 2.75) is 0 Å². The average molecular weight is 360 g/mol. The molecule has 7 rings (SSSR count). The number of aromatic nitrogens is 4. The molecular formula is C22H12N6. The van der Waals surface area contributed by atoms with Crippen LogP contribution in [0.15, 0.2) is 70.9 Å². The van der Waals surface area contributed by atoms with Crippen LogP contribution in [0.5, 0.6) is 0 Å². The normalized spacial score (nSPS) is 15.4. The van der Waals surface area contributed by atoms with Crippen molar-refractivity contribution in [3.05, 3.63) is 94.6 Å². The SMILES string of the molecule is c1ccc2c(c1)C1=NC2=C2N=C(c3cnc([nH]3)-c3nc1c[nH]3)c1ccccc12. The van der Waals surface area contributed by atoms with Gasteiger partial charge in [-0.2, -0.15) is 0 Å². The van der Waals surface area contributed by atoms with Crippen LogP contribution in [0.2, 0.25) is 0 Å². The highest BCUT2D eigenvalue weighted by molar-refractivity contribution is 6.26. The second kappa shape index (κ2) is 4.80. The van der Waals surface area contributed by atoms with Crippen molar-refractivity contribution in [3.8, 4) is 11.6 Å². The zero-order chi connectivity index (χ0) is 18.2. The fraction of sp³-hybridized carbons (Fsp3) is 0. The summed E-state index contributed by atoms with van der Waals surface area (Å²) >= 11 is 0. The van der Waals surface area contributed by atoms with Gasteiger partial charge in [-0.15, -0.1) is 0 Å². The van der Waals surface area contributed by atoms with E-state index >= 15 is 0 Å². The maximum Gasteiger partial charge on any atom is 0.174 e. The number of hydrogen-bond donors (Lipinski definition) is 2. The predicted octanol–water partition coefficient (Wildman–Crippen LogP) is 3.64. The van der Waals surface area contributed by atoms with E-state index in [4.69, 9.17) is 15.0 Å². The van der Waals surface area contributed by atoms with E-state index in [1.165, 1.54) is 0 Å². The summed E-state index contributed by atoms with van der Waals surface area (Å²) in [6.07, 6.45) is 3.70. The van der Waals surface area contributed by atoms with Gasteiger partial charge in [0, 0.05) is 28.5 Å². The minimum Gasteiger partial charge on any atom is -0.341 e. The Labute approximate surface area is 159 Å². The Kier molecular flexibility index (Phi) is 2.41. The second-order valence-electron chi connectivity index (χ2n) is 6.99. The molecular weight excluding hydrogens is 348 g/mol. The summed E-state index contributed by atoms with van der Waals surface area (Å²) < 4.78 is 0. The van der Waals surface area contributed by atoms with Gasteiger partial charge < -0.3 is 9.97 Å². The Morgan fingerprint density at radius 2 is 1.32 bits per heavy atom. The third kappa shape index (κ3) is 1.67. The number of aromatic amines is 2. The number of benzene rings is 2. The van der Waals surface area contributed by atoms with Gasteiger partial charge >= 0.3 is 0 Å². The Morgan fingerprint density at radius 1 is 0.679 bits per heavy atom. The molecule has 4 aromatic rings. The molecule has 3 aliphatic rings. The summed E-state index contributed by atoms with van der Waals surface area (Å²) in [5, 5.41) is 0. The molecule has 0 saturated heterocycles. The molecule has 2 aromatic heterocycles. The molecule has 0 atom stereocenters. The lowest BCUT2D eigenvalue weighted by atomic mass is 9.98. The fourth-order valence-corrected chi connectivity index (χ4v) is 4.14. The quantitative estimate of drug-likeness (QED) is 0.502. The maximum absolute atomic E-state index is 5.02. The van der Waals surface area contributed by atoms with Crippen LogP contribution in [-0.2, 0) is 0 Å². The van der Waals surface area contributed by atoms with Crippen LogP contribution in [0.4, 0.5) is 0 Å². The van der Waals surface area contributed by atoms with E-state index in [0.29, 0.717) is 11.6 Å². The van der Waals surface area contributed by atoms with Crippen molar-refractivity contribution in [2.24, 2.45) is 9.98 Å². The van der Waals surface area contributed by atoms with Gasteiger partial charge in [0.15, 0.2) is 11.6 Å². The average Bonchev–Trinajstić information content (AvgIpc) is 3.49. The summed E-state index contributed by atoms with van der Waals surface area (Å²) in [4.78, 5) is 25.9. The maximum atomic E-state index is 5.02.